The molecule has 0 saturated heterocycles. The highest BCUT2D eigenvalue weighted by molar-refractivity contribution is 9.12. The molecular weight excluding hydrogens is 222 g/mol. The Morgan fingerprint density at radius 2 is 2.18 bits per heavy atom. The summed E-state index contributed by atoms with van der Waals surface area (Å²) in [5, 5.41) is 0. The summed E-state index contributed by atoms with van der Waals surface area (Å²) >= 11 is 4.94. The van der Waals surface area contributed by atoms with Gasteiger partial charge in [0.05, 0.1) is 0 Å². The van der Waals surface area contributed by atoms with E-state index in [2.05, 4.69) is 22.5 Å². The van der Waals surface area contributed by atoms with E-state index >= 15 is 0 Å². The van der Waals surface area contributed by atoms with Crippen molar-refractivity contribution >= 4 is 27.7 Å². The lowest BCUT2D eigenvalue weighted by Crippen LogP contribution is -1.83. The first-order chi connectivity index (χ1) is 5.11. The van der Waals surface area contributed by atoms with Crippen LogP contribution in [0.1, 0.15) is 6.92 Å². The lowest BCUT2D eigenvalue weighted by atomic mass is 10.3. The van der Waals surface area contributed by atoms with Gasteiger partial charge in [-0.3, -0.25) is 0 Å². The number of hydrogen-bond acceptors (Lipinski definition) is 2. The highest BCUT2D eigenvalue weighted by atomic mass is 79.9. The van der Waals surface area contributed by atoms with Gasteiger partial charge in [-0.2, -0.15) is 0 Å². The van der Waals surface area contributed by atoms with Crippen LogP contribution in [-0.4, -0.2) is 6.26 Å². The van der Waals surface area contributed by atoms with Crippen molar-refractivity contribution in [3.63, 3.8) is 0 Å². The van der Waals surface area contributed by atoms with Crippen LogP contribution in [0.25, 0.3) is 0 Å². The Hall–Kier alpha value is -0.150. The second kappa shape index (κ2) is 5.49. The SMILES string of the molecule is C=C(/C=C(C)\C(Br)=C/N)SC. The fraction of sp³-hybridized carbons (Fsp3) is 0.250. The second-order valence-electron chi connectivity index (χ2n) is 2.01. The van der Waals surface area contributed by atoms with Gasteiger partial charge in [-0.05, 0) is 40.8 Å². The van der Waals surface area contributed by atoms with Gasteiger partial charge in [0.2, 0.25) is 0 Å². The summed E-state index contributed by atoms with van der Waals surface area (Å²) < 4.78 is 0.910. The van der Waals surface area contributed by atoms with Crippen molar-refractivity contribution < 1.29 is 0 Å². The van der Waals surface area contributed by atoms with E-state index < -0.39 is 0 Å². The van der Waals surface area contributed by atoms with E-state index in [4.69, 9.17) is 5.73 Å². The number of thioether (sulfide) groups is 1. The van der Waals surface area contributed by atoms with Crippen molar-refractivity contribution in [2.45, 2.75) is 6.92 Å². The van der Waals surface area contributed by atoms with Gasteiger partial charge in [0.15, 0.2) is 0 Å². The standard InChI is InChI=1S/C8H12BrNS/c1-6(8(9)5-10)4-7(2)11-3/h4-5H,2,10H2,1,3H3/b6-4-,8-5+. The van der Waals surface area contributed by atoms with Crippen LogP contribution in [-0.2, 0) is 0 Å². The Bertz CT molecular complexity index is 206. The highest BCUT2D eigenvalue weighted by Gasteiger charge is 1.93. The maximum absolute atomic E-state index is 5.30. The molecule has 0 saturated carbocycles. The molecule has 0 bridgehead atoms. The van der Waals surface area contributed by atoms with Gasteiger partial charge >= 0.3 is 0 Å². The molecule has 3 heteroatoms. The molecule has 1 nitrogen and oxygen atoms in total. The maximum atomic E-state index is 5.30. The number of allylic oxidation sites excluding steroid dienone is 3. The first kappa shape index (κ1) is 10.8. The van der Waals surface area contributed by atoms with Crippen LogP contribution in [0.3, 0.4) is 0 Å². The Kier molecular flexibility index (Phi) is 5.42. The number of nitrogens with two attached hydrogens (primary N) is 1. The third-order valence-electron chi connectivity index (χ3n) is 1.16. The molecule has 0 aromatic carbocycles. The minimum absolute atomic E-state index is 0.910. The average Bonchev–Trinajstić information content (AvgIpc) is 2.02. The minimum atomic E-state index is 0.910. The first-order valence-electron chi connectivity index (χ1n) is 3.10. The first-order valence-corrected chi connectivity index (χ1v) is 5.12. The predicted molar refractivity (Wildman–Crippen MR) is 57.6 cm³/mol. The zero-order chi connectivity index (χ0) is 8.85. The Balaban J connectivity index is 4.34. The minimum Gasteiger partial charge on any atom is -0.404 e. The van der Waals surface area contributed by atoms with Gasteiger partial charge < -0.3 is 5.73 Å². The van der Waals surface area contributed by atoms with E-state index in [9.17, 15) is 0 Å². The zero-order valence-corrected chi connectivity index (χ0v) is 9.13. The number of halogens is 1. The molecule has 0 fully saturated rings. The van der Waals surface area contributed by atoms with Crippen LogP contribution in [0.5, 0.6) is 0 Å². The fourth-order valence-electron chi connectivity index (χ4n) is 0.501. The summed E-state index contributed by atoms with van der Waals surface area (Å²) in [6.45, 7) is 5.81. The highest BCUT2D eigenvalue weighted by Crippen LogP contribution is 2.19. The van der Waals surface area contributed by atoms with Crippen molar-refractivity contribution in [3.05, 3.63) is 33.8 Å². The molecule has 0 aliphatic rings. The van der Waals surface area contributed by atoms with E-state index in [0.29, 0.717) is 0 Å². The Labute approximate surface area is 80.6 Å². The van der Waals surface area contributed by atoms with E-state index in [-0.39, 0.29) is 0 Å². The molecule has 2 N–H and O–H groups in total. The number of hydrogen-bond donors (Lipinski definition) is 1. The van der Waals surface area contributed by atoms with Crippen molar-refractivity contribution in [1.82, 2.24) is 0 Å². The smallest absolute Gasteiger partial charge is 0.0359 e. The number of rotatable bonds is 3. The van der Waals surface area contributed by atoms with Gasteiger partial charge in [0.1, 0.15) is 0 Å². The molecule has 11 heavy (non-hydrogen) atoms. The van der Waals surface area contributed by atoms with Gasteiger partial charge in [-0.15, -0.1) is 11.8 Å². The van der Waals surface area contributed by atoms with Crippen LogP contribution < -0.4 is 5.73 Å². The van der Waals surface area contributed by atoms with Crippen LogP contribution in [0.2, 0.25) is 0 Å². The molecule has 62 valence electrons. The summed E-state index contributed by atoms with van der Waals surface area (Å²) in [5.41, 5.74) is 6.39. The monoisotopic (exact) mass is 233 g/mol. The van der Waals surface area contributed by atoms with Gasteiger partial charge in [0.25, 0.3) is 0 Å². The predicted octanol–water partition coefficient (Wildman–Crippen LogP) is 3.00. The molecule has 0 atom stereocenters. The topological polar surface area (TPSA) is 26.0 Å². The third-order valence-corrected chi connectivity index (χ3v) is 2.69. The van der Waals surface area contributed by atoms with E-state index in [1.54, 1.807) is 11.8 Å². The van der Waals surface area contributed by atoms with Gasteiger partial charge in [-0.25, -0.2) is 0 Å². The summed E-state index contributed by atoms with van der Waals surface area (Å²) in [7, 11) is 0. The normalized spacial score (nSPS) is 13.4. The Morgan fingerprint density at radius 1 is 1.64 bits per heavy atom. The quantitative estimate of drug-likeness (QED) is 0.759. The fourth-order valence-corrected chi connectivity index (χ4v) is 0.910. The summed E-state index contributed by atoms with van der Waals surface area (Å²) in [6.07, 6.45) is 5.50. The molecule has 0 spiro atoms. The molecule has 0 aliphatic heterocycles. The summed E-state index contributed by atoms with van der Waals surface area (Å²) in [4.78, 5) is 1.03. The average molecular weight is 234 g/mol. The maximum Gasteiger partial charge on any atom is 0.0359 e. The summed E-state index contributed by atoms with van der Waals surface area (Å²) in [6, 6.07) is 0. The van der Waals surface area contributed by atoms with Crippen molar-refractivity contribution in [1.29, 1.82) is 0 Å². The molecule has 0 aromatic heterocycles. The van der Waals surface area contributed by atoms with Crippen LogP contribution in [0, 0.1) is 0 Å². The van der Waals surface area contributed by atoms with E-state index in [1.165, 1.54) is 6.20 Å². The molecule has 0 radical (unpaired) electrons. The zero-order valence-electron chi connectivity index (χ0n) is 6.73. The molecular formula is C8H12BrNS. The Morgan fingerprint density at radius 3 is 2.55 bits per heavy atom. The molecule has 0 unspecified atom stereocenters. The van der Waals surface area contributed by atoms with E-state index in [0.717, 1.165) is 15.0 Å². The lowest BCUT2D eigenvalue weighted by molar-refractivity contribution is 1.46. The third kappa shape index (κ3) is 4.32. The molecule has 0 rings (SSSR count). The van der Waals surface area contributed by atoms with Crippen molar-refractivity contribution in [2.24, 2.45) is 5.73 Å². The van der Waals surface area contributed by atoms with Crippen molar-refractivity contribution in [2.75, 3.05) is 6.26 Å². The second-order valence-corrected chi connectivity index (χ2v) is 3.80. The van der Waals surface area contributed by atoms with E-state index in [1.807, 2.05) is 19.3 Å². The molecule has 0 amide bonds. The van der Waals surface area contributed by atoms with Gasteiger partial charge in [0, 0.05) is 15.6 Å². The molecule has 0 aromatic rings. The molecule has 0 heterocycles. The summed E-state index contributed by atoms with van der Waals surface area (Å²) in [5.74, 6) is 0. The van der Waals surface area contributed by atoms with Crippen LogP contribution in [0.4, 0.5) is 0 Å². The van der Waals surface area contributed by atoms with Gasteiger partial charge in [-0.1, -0.05) is 6.58 Å². The van der Waals surface area contributed by atoms with Crippen LogP contribution in [0.15, 0.2) is 33.8 Å². The largest absolute Gasteiger partial charge is 0.404 e. The molecule has 0 aliphatic carbocycles. The van der Waals surface area contributed by atoms with Crippen LogP contribution >= 0.6 is 27.7 Å². The lowest BCUT2D eigenvalue weighted by Gasteiger charge is -1.98. The van der Waals surface area contributed by atoms with Crippen molar-refractivity contribution in [3.8, 4) is 0 Å².